The molecule has 2 aromatic rings. The molecule has 4 nitrogen and oxygen atoms in total. The van der Waals surface area contributed by atoms with Gasteiger partial charge in [-0.1, -0.05) is 48.3 Å². The van der Waals surface area contributed by atoms with Crippen LogP contribution in [0.4, 0.5) is 5.69 Å². The molecule has 0 spiro atoms. The number of halogens is 2. The first-order chi connectivity index (χ1) is 14.3. The van der Waals surface area contributed by atoms with E-state index >= 15 is 0 Å². The number of carbonyl (C=O) groups is 2. The molecule has 1 unspecified atom stereocenters. The van der Waals surface area contributed by atoms with E-state index in [4.69, 9.17) is 23.2 Å². The van der Waals surface area contributed by atoms with Gasteiger partial charge in [0.1, 0.15) is 5.70 Å². The summed E-state index contributed by atoms with van der Waals surface area (Å²) < 4.78 is 0. The molecular weight excluding hydrogens is 419 g/mol. The molecule has 6 heteroatoms. The predicted octanol–water partition coefficient (Wildman–Crippen LogP) is 5.63. The van der Waals surface area contributed by atoms with Gasteiger partial charge in [0, 0.05) is 23.7 Å². The van der Waals surface area contributed by atoms with Gasteiger partial charge in [-0.2, -0.15) is 0 Å². The lowest BCUT2D eigenvalue weighted by Crippen LogP contribution is -2.39. The van der Waals surface area contributed by atoms with E-state index in [0.29, 0.717) is 38.5 Å². The number of hydrogen-bond acceptors (Lipinski definition) is 3. The fourth-order valence-corrected chi connectivity index (χ4v) is 4.84. The molecule has 1 fully saturated rings. The Labute approximate surface area is 187 Å². The molecule has 156 valence electrons. The van der Waals surface area contributed by atoms with Crippen LogP contribution in [0, 0.1) is 19.8 Å². The zero-order chi connectivity index (χ0) is 21.6. The van der Waals surface area contributed by atoms with Crippen molar-refractivity contribution in [3.05, 3.63) is 68.8 Å². The lowest BCUT2D eigenvalue weighted by molar-refractivity contribution is -0.120. The summed E-state index contributed by atoms with van der Waals surface area (Å²) in [6.45, 7) is 7.56. The van der Waals surface area contributed by atoms with Crippen LogP contribution in [-0.4, -0.2) is 29.8 Å². The Balaban J connectivity index is 1.89. The summed E-state index contributed by atoms with van der Waals surface area (Å²) in [5, 5.41) is 0.852. The van der Waals surface area contributed by atoms with E-state index in [2.05, 4.69) is 11.8 Å². The van der Waals surface area contributed by atoms with E-state index in [1.807, 2.05) is 32.0 Å². The van der Waals surface area contributed by atoms with Gasteiger partial charge in [-0.25, -0.2) is 4.90 Å². The molecule has 0 saturated carbocycles. The number of benzene rings is 2. The molecule has 2 aromatic carbocycles. The number of nitrogens with zero attached hydrogens (tertiary/aromatic N) is 2. The minimum Gasteiger partial charge on any atom is -0.366 e. The quantitative estimate of drug-likeness (QED) is 0.578. The van der Waals surface area contributed by atoms with Crippen LogP contribution in [0.3, 0.4) is 0 Å². The summed E-state index contributed by atoms with van der Waals surface area (Å²) in [6, 6.07) is 10.7. The van der Waals surface area contributed by atoms with Gasteiger partial charge in [0.2, 0.25) is 0 Å². The maximum atomic E-state index is 13.7. The van der Waals surface area contributed by atoms with Gasteiger partial charge in [0.15, 0.2) is 0 Å². The van der Waals surface area contributed by atoms with Crippen molar-refractivity contribution in [1.29, 1.82) is 0 Å². The molecule has 2 heterocycles. The number of hydrogen-bond donors (Lipinski definition) is 0. The van der Waals surface area contributed by atoms with Crippen molar-refractivity contribution in [2.45, 2.75) is 33.6 Å². The van der Waals surface area contributed by atoms with Crippen molar-refractivity contribution in [3.63, 3.8) is 0 Å². The Morgan fingerprint density at radius 1 is 1.03 bits per heavy atom. The number of likely N-dealkylation sites (tertiary alicyclic amines) is 1. The van der Waals surface area contributed by atoms with E-state index in [9.17, 15) is 9.59 Å². The highest BCUT2D eigenvalue weighted by molar-refractivity contribution is 6.47. The van der Waals surface area contributed by atoms with Crippen LogP contribution in [0.2, 0.25) is 10.0 Å². The summed E-state index contributed by atoms with van der Waals surface area (Å²) in [6.07, 6.45) is 2.10. The topological polar surface area (TPSA) is 40.6 Å². The Morgan fingerprint density at radius 3 is 2.50 bits per heavy atom. The van der Waals surface area contributed by atoms with Gasteiger partial charge in [-0.05, 0) is 61.9 Å². The van der Waals surface area contributed by atoms with Crippen LogP contribution in [0.5, 0.6) is 0 Å². The zero-order valence-corrected chi connectivity index (χ0v) is 18.8. The maximum Gasteiger partial charge on any atom is 0.282 e. The van der Waals surface area contributed by atoms with E-state index in [0.717, 1.165) is 37.1 Å². The van der Waals surface area contributed by atoms with Crippen LogP contribution in [0.1, 0.15) is 36.5 Å². The summed E-state index contributed by atoms with van der Waals surface area (Å²) in [7, 11) is 0. The largest absolute Gasteiger partial charge is 0.366 e. The number of imide groups is 1. The molecule has 0 aromatic heterocycles. The Kier molecular flexibility index (Phi) is 5.65. The first-order valence-electron chi connectivity index (χ1n) is 10.2. The van der Waals surface area contributed by atoms with E-state index in [1.54, 1.807) is 18.2 Å². The van der Waals surface area contributed by atoms with Crippen molar-refractivity contribution in [1.82, 2.24) is 4.90 Å². The van der Waals surface area contributed by atoms with Crippen molar-refractivity contribution in [2.75, 3.05) is 18.0 Å². The highest BCUT2D eigenvalue weighted by Gasteiger charge is 2.44. The lowest BCUT2D eigenvalue weighted by Gasteiger charge is -2.33. The molecule has 2 amide bonds. The average molecular weight is 443 g/mol. The fraction of sp³-hybridized carbons (Fsp3) is 0.333. The second kappa shape index (κ2) is 8.09. The molecule has 2 aliphatic heterocycles. The normalized spacial score (nSPS) is 19.8. The lowest BCUT2D eigenvalue weighted by atomic mass is 9.97. The van der Waals surface area contributed by atoms with E-state index in [-0.39, 0.29) is 11.8 Å². The molecule has 4 rings (SSSR count). The maximum absolute atomic E-state index is 13.7. The summed E-state index contributed by atoms with van der Waals surface area (Å²) in [5.74, 6) is -0.180. The zero-order valence-electron chi connectivity index (χ0n) is 17.3. The summed E-state index contributed by atoms with van der Waals surface area (Å²) >= 11 is 12.6. The first-order valence-corrected chi connectivity index (χ1v) is 10.9. The molecule has 0 N–H and O–H groups in total. The number of carbonyl (C=O) groups excluding carboxylic acids is 2. The van der Waals surface area contributed by atoms with Crippen molar-refractivity contribution in [3.8, 4) is 0 Å². The fourth-order valence-electron chi connectivity index (χ4n) is 4.34. The summed E-state index contributed by atoms with van der Waals surface area (Å²) in [5.41, 5.74) is 3.90. The SMILES string of the molecule is Cc1cccc(N2C(=O)C(c3ccc(Cl)cc3Cl)=C(N3CCCC(C)C3)C2=O)c1C. The molecular formula is C24H24Cl2N2O2. The highest BCUT2D eigenvalue weighted by Crippen LogP contribution is 2.40. The first kappa shape index (κ1) is 21.0. The van der Waals surface area contributed by atoms with Crippen molar-refractivity contribution in [2.24, 2.45) is 5.92 Å². The molecule has 0 radical (unpaired) electrons. The summed E-state index contributed by atoms with van der Waals surface area (Å²) in [4.78, 5) is 30.7. The number of piperidine rings is 1. The van der Waals surface area contributed by atoms with Crippen LogP contribution in [0.15, 0.2) is 42.1 Å². The minimum absolute atomic E-state index is 0.288. The van der Waals surface area contributed by atoms with Gasteiger partial charge in [-0.15, -0.1) is 0 Å². The van der Waals surface area contributed by atoms with Crippen LogP contribution in [-0.2, 0) is 9.59 Å². The number of anilines is 1. The third-order valence-corrected chi connectivity index (χ3v) is 6.60. The molecule has 0 aliphatic carbocycles. The molecule has 0 bridgehead atoms. The average Bonchev–Trinajstić information content (AvgIpc) is 2.94. The highest BCUT2D eigenvalue weighted by atomic mass is 35.5. The van der Waals surface area contributed by atoms with Gasteiger partial charge < -0.3 is 4.90 Å². The minimum atomic E-state index is -0.342. The van der Waals surface area contributed by atoms with Crippen LogP contribution < -0.4 is 4.90 Å². The van der Waals surface area contributed by atoms with Crippen molar-refractivity contribution < 1.29 is 9.59 Å². The molecule has 1 saturated heterocycles. The molecule has 2 aliphatic rings. The van der Waals surface area contributed by atoms with E-state index < -0.39 is 0 Å². The van der Waals surface area contributed by atoms with Gasteiger partial charge >= 0.3 is 0 Å². The van der Waals surface area contributed by atoms with Crippen molar-refractivity contribution >= 4 is 46.3 Å². The monoisotopic (exact) mass is 442 g/mol. The molecule has 30 heavy (non-hydrogen) atoms. The van der Waals surface area contributed by atoms with Crippen LogP contribution >= 0.6 is 23.2 Å². The number of rotatable bonds is 3. The Morgan fingerprint density at radius 2 is 1.80 bits per heavy atom. The Bertz CT molecular complexity index is 1080. The van der Waals surface area contributed by atoms with Gasteiger partial charge in [0.05, 0.1) is 16.3 Å². The number of aryl methyl sites for hydroxylation is 1. The smallest absolute Gasteiger partial charge is 0.282 e. The second-order valence-corrected chi connectivity index (χ2v) is 9.05. The predicted molar refractivity (Wildman–Crippen MR) is 122 cm³/mol. The van der Waals surface area contributed by atoms with E-state index in [1.165, 1.54) is 4.90 Å². The van der Waals surface area contributed by atoms with Gasteiger partial charge in [0.25, 0.3) is 11.8 Å². The number of amides is 2. The third-order valence-electron chi connectivity index (χ3n) is 6.05. The molecule has 1 atom stereocenters. The Hall–Kier alpha value is -2.30. The van der Waals surface area contributed by atoms with Gasteiger partial charge in [-0.3, -0.25) is 9.59 Å². The van der Waals surface area contributed by atoms with Crippen LogP contribution in [0.25, 0.3) is 5.57 Å². The standard InChI is InChI=1S/C24H24Cl2N2O2/c1-14-6-5-11-27(13-14)22-21(18-10-9-17(25)12-19(18)26)23(29)28(24(22)30)20-8-4-7-15(2)16(20)3/h4,7-10,12,14H,5-6,11,13H2,1-3H3. The second-order valence-electron chi connectivity index (χ2n) is 8.21. The third kappa shape index (κ3) is 3.52.